The number of alkyl carbamates (subject to hydrolysis) is 1. The molecule has 2 saturated carbocycles. The van der Waals surface area contributed by atoms with E-state index in [0.717, 1.165) is 24.0 Å². The summed E-state index contributed by atoms with van der Waals surface area (Å²) < 4.78 is 33.5. The fourth-order valence-electron chi connectivity index (χ4n) is 8.35. The standard InChI is InChI=1S/C37H50N6O8S/c1-36(2,3)51-34(47)38-29-14-8-6-4-5-7-13-26-17-37(26,33(46)40-52(49,50)27-15-16-27)39-31(44)30-28-22-42(20-25(28)21-43(30)32(29)45)35(48)41-18-23-11-9-10-12-24(23)19-41/h7,9-13,25-30H,4-6,8,14-22H2,1-3H3,(H,38,47)(H,39,44)(H,40,46)/b13-7-/t25-,26-,28-,29+,30-,37+/m0/s1. The van der Waals surface area contributed by atoms with Crippen molar-refractivity contribution in [3.05, 3.63) is 47.5 Å². The highest BCUT2D eigenvalue weighted by Crippen LogP contribution is 2.47. The van der Waals surface area contributed by atoms with Gasteiger partial charge in [-0.3, -0.25) is 19.1 Å². The van der Waals surface area contributed by atoms with Gasteiger partial charge in [-0.15, -0.1) is 0 Å². The number of nitrogens with one attached hydrogen (secondary N) is 3. The number of rotatable bonds is 4. The number of likely N-dealkylation sites (tertiary alicyclic amines) is 1. The number of nitrogens with zero attached hydrogens (tertiary/aromatic N) is 3. The van der Waals surface area contributed by atoms with Crippen LogP contribution in [0.2, 0.25) is 0 Å². The smallest absolute Gasteiger partial charge is 0.408 e. The Labute approximate surface area is 305 Å². The molecule has 2 saturated heterocycles. The summed E-state index contributed by atoms with van der Waals surface area (Å²) >= 11 is 0. The summed E-state index contributed by atoms with van der Waals surface area (Å²) in [4.78, 5) is 74.7. The van der Waals surface area contributed by atoms with E-state index in [-0.39, 0.29) is 31.5 Å². The van der Waals surface area contributed by atoms with Gasteiger partial charge in [0.25, 0.3) is 5.91 Å². The van der Waals surface area contributed by atoms with E-state index in [4.69, 9.17) is 4.74 Å². The van der Waals surface area contributed by atoms with E-state index in [0.29, 0.717) is 51.7 Å². The van der Waals surface area contributed by atoms with Crippen LogP contribution in [0.15, 0.2) is 36.4 Å². The Morgan fingerprint density at radius 1 is 0.942 bits per heavy atom. The van der Waals surface area contributed by atoms with E-state index in [1.807, 2.05) is 36.4 Å². The second kappa shape index (κ2) is 13.7. The van der Waals surface area contributed by atoms with E-state index in [1.54, 1.807) is 30.6 Å². The molecule has 4 fully saturated rings. The number of hydrogen-bond acceptors (Lipinski definition) is 8. The van der Waals surface area contributed by atoms with Crippen LogP contribution in [-0.4, -0.2) is 101 Å². The lowest BCUT2D eigenvalue weighted by Crippen LogP contribution is -2.60. The maximum absolute atomic E-state index is 14.6. The third-order valence-corrected chi connectivity index (χ3v) is 13.1. The average Bonchev–Trinajstić information content (AvgIpc) is 3.91. The van der Waals surface area contributed by atoms with Crippen LogP contribution in [0.1, 0.15) is 83.3 Å². The Bertz CT molecular complexity index is 1750. The molecular weight excluding hydrogens is 689 g/mol. The van der Waals surface area contributed by atoms with Gasteiger partial charge in [-0.05, 0) is 70.4 Å². The minimum absolute atomic E-state index is 0.140. The van der Waals surface area contributed by atoms with E-state index < -0.39 is 74.1 Å². The summed E-state index contributed by atoms with van der Waals surface area (Å²) in [5.41, 5.74) is -0.0948. The number of allylic oxidation sites excluding steroid dienone is 1. The van der Waals surface area contributed by atoms with Crippen molar-refractivity contribution in [1.82, 2.24) is 30.1 Å². The number of fused-ring (bicyclic) bond motifs is 5. The quantitative estimate of drug-likeness (QED) is 0.396. The van der Waals surface area contributed by atoms with Crippen molar-refractivity contribution in [3.8, 4) is 0 Å². The molecule has 4 heterocycles. The first-order valence-electron chi connectivity index (χ1n) is 18.6. The number of benzene rings is 1. The zero-order valence-corrected chi connectivity index (χ0v) is 31.0. The lowest BCUT2D eigenvalue weighted by molar-refractivity contribution is -0.142. The number of hydrogen-bond donors (Lipinski definition) is 3. The highest BCUT2D eigenvalue weighted by atomic mass is 32.2. The van der Waals surface area contributed by atoms with Crippen LogP contribution in [0.4, 0.5) is 9.59 Å². The second-order valence-electron chi connectivity index (χ2n) is 16.4. The molecule has 3 N–H and O–H groups in total. The third kappa shape index (κ3) is 7.38. The lowest BCUT2D eigenvalue weighted by atomic mass is 9.93. The summed E-state index contributed by atoms with van der Waals surface area (Å²) in [5, 5.41) is 5.08. The first kappa shape index (κ1) is 36.2. The largest absolute Gasteiger partial charge is 0.444 e. The molecule has 6 amide bonds. The molecule has 0 bridgehead atoms. The second-order valence-corrected chi connectivity index (χ2v) is 18.3. The van der Waals surface area contributed by atoms with Gasteiger partial charge in [0.05, 0.1) is 5.25 Å². The molecule has 0 aromatic heterocycles. The summed E-state index contributed by atoms with van der Waals surface area (Å²) in [7, 11) is -3.89. The maximum Gasteiger partial charge on any atom is 0.408 e. The van der Waals surface area contributed by atoms with Crippen LogP contribution in [0, 0.1) is 17.8 Å². The Balaban J connectivity index is 1.16. The average molecular weight is 739 g/mol. The first-order valence-corrected chi connectivity index (χ1v) is 20.2. The van der Waals surface area contributed by atoms with Crippen LogP contribution < -0.4 is 15.4 Å². The maximum atomic E-state index is 14.6. The highest BCUT2D eigenvalue weighted by Gasteiger charge is 2.63. The molecule has 282 valence electrons. The Hall–Kier alpha value is -4.14. The molecule has 52 heavy (non-hydrogen) atoms. The topological polar surface area (TPSA) is 175 Å². The number of amides is 6. The summed E-state index contributed by atoms with van der Waals surface area (Å²) in [6.07, 6.45) is 7.55. The van der Waals surface area contributed by atoms with Crippen molar-refractivity contribution in [1.29, 1.82) is 0 Å². The zero-order chi connectivity index (χ0) is 37.0. The van der Waals surface area contributed by atoms with E-state index in [9.17, 15) is 32.4 Å². The van der Waals surface area contributed by atoms with E-state index in [2.05, 4.69) is 15.4 Å². The Morgan fingerprint density at radius 2 is 1.65 bits per heavy atom. The highest BCUT2D eigenvalue weighted by molar-refractivity contribution is 7.91. The van der Waals surface area contributed by atoms with Gasteiger partial charge in [0, 0.05) is 50.5 Å². The number of ether oxygens (including phenoxy) is 1. The number of carbonyl (C=O) groups excluding carboxylic acids is 5. The fourth-order valence-corrected chi connectivity index (χ4v) is 9.71. The van der Waals surface area contributed by atoms with Crippen LogP contribution >= 0.6 is 0 Å². The van der Waals surface area contributed by atoms with E-state index >= 15 is 0 Å². The number of urea groups is 1. The molecule has 2 aliphatic carbocycles. The minimum atomic E-state index is -3.89. The van der Waals surface area contributed by atoms with Gasteiger partial charge in [0.15, 0.2) is 0 Å². The SMILES string of the molecule is CC(C)(C)OC(=O)N[C@@H]1CCCCC/C=C\[C@H]2C[C@@]2(C(=O)NS(=O)(=O)C2CC2)NC(=O)[C@@H]2[C@H]3CN(C(=O)N4Cc5ccccc5C4)C[C@H]3CN2C1=O. The van der Waals surface area contributed by atoms with Crippen molar-refractivity contribution < 1.29 is 37.1 Å². The van der Waals surface area contributed by atoms with Gasteiger partial charge in [0.1, 0.15) is 23.2 Å². The van der Waals surface area contributed by atoms with Gasteiger partial charge < -0.3 is 30.1 Å². The predicted octanol–water partition coefficient (Wildman–Crippen LogP) is 2.78. The molecule has 15 heteroatoms. The van der Waals surface area contributed by atoms with Crippen LogP contribution in [0.25, 0.3) is 0 Å². The molecule has 6 aliphatic rings. The van der Waals surface area contributed by atoms with Crippen LogP contribution in [0.5, 0.6) is 0 Å². The molecule has 7 rings (SSSR count). The third-order valence-electron chi connectivity index (χ3n) is 11.3. The molecular formula is C37H50N6O8S. The molecule has 4 aliphatic heterocycles. The van der Waals surface area contributed by atoms with Gasteiger partial charge in [-0.2, -0.15) is 0 Å². The predicted molar refractivity (Wildman–Crippen MR) is 190 cm³/mol. The molecule has 0 unspecified atom stereocenters. The summed E-state index contributed by atoms with van der Waals surface area (Å²) in [6, 6.07) is 5.76. The van der Waals surface area contributed by atoms with Crippen molar-refractivity contribution in [2.24, 2.45) is 17.8 Å². The van der Waals surface area contributed by atoms with Crippen LogP contribution in [-0.2, 0) is 42.2 Å². The summed E-state index contributed by atoms with van der Waals surface area (Å²) in [6.45, 7) is 6.93. The van der Waals surface area contributed by atoms with Crippen LogP contribution in [0.3, 0.4) is 0 Å². The molecule has 1 aromatic rings. The molecule has 14 nitrogen and oxygen atoms in total. The monoisotopic (exact) mass is 738 g/mol. The molecule has 0 radical (unpaired) electrons. The lowest BCUT2D eigenvalue weighted by Gasteiger charge is -2.33. The summed E-state index contributed by atoms with van der Waals surface area (Å²) in [5.74, 6) is -2.88. The molecule has 0 spiro atoms. The van der Waals surface area contributed by atoms with Gasteiger partial charge in [0.2, 0.25) is 21.8 Å². The zero-order valence-electron chi connectivity index (χ0n) is 30.1. The van der Waals surface area contributed by atoms with Gasteiger partial charge >= 0.3 is 12.1 Å². The normalized spacial score (nSPS) is 31.2. The molecule has 1 aromatic carbocycles. The van der Waals surface area contributed by atoms with Crippen molar-refractivity contribution >= 4 is 39.9 Å². The number of carbonyl (C=O) groups is 5. The Kier molecular flexibility index (Phi) is 9.53. The number of sulfonamides is 1. The van der Waals surface area contributed by atoms with Gasteiger partial charge in [-0.25, -0.2) is 18.0 Å². The van der Waals surface area contributed by atoms with Crippen molar-refractivity contribution in [2.45, 2.75) is 114 Å². The molecule has 6 atom stereocenters. The minimum Gasteiger partial charge on any atom is -0.444 e. The van der Waals surface area contributed by atoms with E-state index in [1.165, 1.54) is 4.90 Å². The first-order chi connectivity index (χ1) is 24.6. The van der Waals surface area contributed by atoms with Gasteiger partial charge in [-0.1, -0.05) is 49.3 Å². The van der Waals surface area contributed by atoms with Crippen molar-refractivity contribution in [3.63, 3.8) is 0 Å². The Morgan fingerprint density at radius 3 is 2.33 bits per heavy atom. The fraction of sp³-hybridized carbons (Fsp3) is 0.649. The van der Waals surface area contributed by atoms with Crippen molar-refractivity contribution in [2.75, 3.05) is 19.6 Å².